The van der Waals surface area contributed by atoms with Gasteiger partial charge in [-0.25, -0.2) is 5.43 Å². The summed E-state index contributed by atoms with van der Waals surface area (Å²) in [6.45, 7) is 5.48. The number of ether oxygens (including phenoxy) is 1. The van der Waals surface area contributed by atoms with E-state index in [1.165, 1.54) is 6.21 Å². The van der Waals surface area contributed by atoms with Crippen LogP contribution in [0.3, 0.4) is 0 Å². The van der Waals surface area contributed by atoms with Gasteiger partial charge in [-0.2, -0.15) is 5.10 Å². The molecule has 0 saturated carbocycles. The number of hydrazone groups is 1. The number of para-hydroxylation sites is 1. The molecule has 0 aliphatic heterocycles. The minimum atomic E-state index is -0.859. The monoisotopic (exact) mass is 410 g/mol. The third-order valence-corrected chi connectivity index (χ3v) is 4.18. The van der Waals surface area contributed by atoms with Crippen molar-refractivity contribution in [3.8, 4) is 5.75 Å². The van der Waals surface area contributed by atoms with Gasteiger partial charge in [-0.3, -0.25) is 14.4 Å². The Bertz CT molecular complexity index is 910. The highest BCUT2D eigenvalue weighted by atomic mass is 16.5. The topological polar surface area (TPSA) is 109 Å². The first-order chi connectivity index (χ1) is 14.4. The van der Waals surface area contributed by atoms with Gasteiger partial charge in [0.1, 0.15) is 5.75 Å². The molecule has 0 spiro atoms. The van der Waals surface area contributed by atoms with E-state index >= 15 is 0 Å². The van der Waals surface area contributed by atoms with E-state index in [2.05, 4.69) is 21.2 Å². The van der Waals surface area contributed by atoms with Gasteiger partial charge in [0.05, 0.1) is 6.21 Å². The number of aryl methyl sites for hydroxylation is 1. The molecule has 0 bridgehead atoms. The van der Waals surface area contributed by atoms with Crippen molar-refractivity contribution < 1.29 is 19.1 Å². The Balaban J connectivity index is 1.89. The Morgan fingerprint density at radius 2 is 1.77 bits per heavy atom. The number of benzene rings is 2. The maximum Gasteiger partial charge on any atom is 0.329 e. The summed E-state index contributed by atoms with van der Waals surface area (Å²) in [6.07, 6.45) is 2.06. The fourth-order valence-electron chi connectivity index (χ4n) is 2.30. The highest BCUT2D eigenvalue weighted by Gasteiger charge is 2.14. The molecule has 8 nitrogen and oxygen atoms in total. The van der Waals surface area contributed by atoms with Crippen molar-refractivity contribution in [3.05, 3.63) is 59.7 Å². The summed E-state index contributed by atoms with van der Waals surface area (Å²) in [5, 5.41) is 9.10. The van der Waals surface area contributed by atoms with Crippen molar-refractivity contribution in [1.29, 1.82) is 0 Å². The second kappa shape index (κ2) is 11.4. The molecule has 0 fully saturated rings. The van der Waals surface area contributed by atoms with Crippen LogP contribution in [0.2, 0.25) is 0 Å². The van der Waals surface area contributed by atoms with Crippen LogP contribution in [0.5, 0.6) is 5.75 Å². The van der Waals surface area contributed by atoms with Crippen molar-refractivity contribution in [2.24, 2.45) is 5.10 Å². The zero-order valence-electron chi connectivity index (χ0n) is 17.3. The van der Waals surface area contributed by atoms with Gasteiger partial charge >= 0.3 is 11.8 Å². The van der Waals surface area contributed by atoms with Gasteiger partial charge in [-0.1, -0.05) is 36.8 Å². The van der Waals surface area contributed by atoms with Crippen molar-refractivity contribution in [2.45, 2.75) is 33.2 Å². The van der Waals surface area contributed by atoms with Crippen LogP contribution >= 0.6 is 0 Å². The molecule has 30 heavy (non-hydrogen) atoms. The molecule has 0 aromatic heterocycles. The first-order valence-electron chi connectivity index (χ1n) is 9.61. The number of nitrogens with zero attached hydrogens (tertiary/aromatic N) is 1. The second-order valence-electron chi connectivity index (χ2n) is 6.72. The quantitative estimate of drug-likeness (QED) is 0.353. The van der Waals surface area contributed by atoms with E-state index in [0.717, 1.165) is 5.56 Å². The van der Waals surface area contributed by atoms with Gasteiger partial charge < -0.3 is 15.4 Å². The Kier molecular flexibility index (Phi) is 8.56. The van der Waals surface area contributed by atoms with Crippen molar-refractivity contribution in [3.63, 3.8) is 0 Å². The zero-order chi connectivity index (χ0) is 21.9. The van der Waals surface area contributed by atoms with E-state index < -0.39 is 11.8 Å². The standard InChI is InChI=1S/C22H26N4O4/c1-4-16(3)24-21(28)22(29)26-23-13-17-7-5-6-8-19(17)30-14-20(27)25-18-11-9-15(2)10-12-18/h5-13,16H,4,14H2,1-3H3,(H,24,28)(H,25,27)(H,26,29)/b23-13-/t16-/m1/s1. The van der Waals surface area contributed by atoms with E-state index in [-0.39, 0.29) is 18.6 Å². The average Bonchev–Trinajstić information content (AvgIpc) is 2.74. The summed E-state index contributed by atoms with van der Waals surface area (Å²) in [5.41, 5.74) is 4.50. The van der Waals surface area contributed by atoms with Crippen LogP contribution in [0.15, 0.2) is 53.6 Å². The molecule has 0 radical (unpaired) electrons. The Morgan fingerprint density at radius 1 is 1.07 bits per heavy atom. The SMILES string of the molecule is CC[C@@H](C)NC(=O)C(=O)N/N=C\c1ccccc1OCC(=O)Nc1ccc(C)cc1. The van der Waals surface area contributed by atoms with E-state index in [1.807, 2.05) is 38.1 Å². The lowest BCUT2D eigenvalue weighted by Crippen LogP contribution is -2.41. The van der Waals surface area contributed by atoms with Gasteiger partial charge in [0, 0.05) is 17.3 Å². The molecule has 0 aliphatic carbocycles. The fourth-order valence-corrected chi connectivity index (χ4v) is 2.30. The van der Waals surface area contributed by atoms with E-state index in [4.69, 9.17) is 4.74 Å². The molecule has 1 atom stereocenters. The molecule has 0 saturated heterocycles. The number of nitrogens with one attached hydrogen (secondary N) is 3. The van der Waals surface area contributed by atoms with Crippen LogP contribution in [0.1, 0.15) is 31.4 Å². The van der Waals surface area contributed by atoms with Crippen molar-refractivity contribution >= 4 is 29.6 Å². The molecule has 3 amide bonds. The number of hydrogen-bond donors (Lipinski definition) is 3. The number of hydrogen-bond acceptors (Lipinski definition) is 5. The highest BCUT2D eigenvalue weighted by Crippen LogP contribution is 2.16. The number of amides is 3. The summed E-state index contributed by atoms with van der Waals surface area (Å²) >= 11 is 0. The van der Waals surface area contributed by atoms with Crippen LogP contribution < -0.4 is 20.8 Å². The average molecular weight is 410 g/mol. The van der Waals surface area contributed by atoms with Gasteiger partial charge in [0.2, 0.25) is 0 Å². The molecule has 158 valence electrons. The van der Waals surface area contributed by atoms with Crippen molar-refractivity contribution in [1.82, 2.24) is 10.7 Å². The lowest BCUT2D eigenvalue weighted by Gasteiger charge is -2.10. The molecule has 3 N–H and O–H groups in total. The maximum absolute atomic E-state index is 12.1. The van der Waals surface area contributed by atoms with Crippen LogP contribution in [0.25, 0.3) is 0 Å². The third kappa shape index (κ3) is 7.38. The molecule has 2 aromatic carbocycles. The maximum atomic E-state index is 12.1. The summed E-state index contributed by atoms with van der Waals surface area (Å²) in [7, 11) is 0. The van der Waals surface area contributed by atoms with Crippen molar-refractivity contribution in [2.75, 3.05) is 11.9 Å². The normalized spacial score (nSPS) is 11.6. The molecule has 0 unspecified atom stereocenters. The van der Waals surface area contributed by atoms with Gasteiger partial charge in [0.25, 0.3) is 5.91 Å². The largest absolute Gasteiger partial charge is 0.483 e. The molecule has 8 heteroatoms. The summed E-state index contributed by atoms with van der Waals surface area (Å²) in [6, 6.07) is 14.2. The fraction of sp³-hybridized carbons (Fsp3) is 0.273. The minimum Gasteiger partial charge on any atom is -0.483 e. The second-order valence-corrected chi connectivity index (χ2v) is 6.72. The summed E-state index contributed by atoms with van der Waals surface area (Å²) in [5.74, 6) is -1.50. The molecule has 2 rings (SSSR count). The van der Waals surface area contributed by atoms with Crippen LogP contribution in [0, 0.1) is 6.92 Å². The summed E-state index contributed by atoms with van der Waals surface area (Å²) < 4.78 is 5.57. The van der Waals surface area contributed by atoms with E-state index in [1.54, 1.807) is 31.2 Å². The van der Waals surface area contributed by atoms with Gasteiger partial charge in [-0.15, -0.1) is 0 Å². The Hall–Kier alpha value is -3.68. The van der Waals surface area contributed by atoms with Gasteiger partial charge in [-0.05, 0) is 44.5 Å². The number of carbonyl (C=O) groups is 3. The highest BCUT2D eigenvalue weighted by molar-refractivity contribution is 6.35. The number of carbonyl (C=O) groups excluding carboxylic acids is 3. The first kappa shape index (κ1) is 22.6. The molecule has 0 heterocycles. The van der Waals surface area contributed by atoms with E-state index in [0.29, 0.717) is 23.4 Å². The minimum absolute atomic E-state index is 0.104. The Labute approximate surface area is 175 Å². The summed E-state index contributed by atoms with van der Waals surface area (Å²) in [4.78, 5) is 35.6. The lowest BCUT2D eigenvalue weighted by molar-refractivity contribution is -0.139. The smallest absolute Gasteiger partial charge is 0.329 e. The van der Waals surface area contributed by atoms with Crippen LogP contribution in [0.4, 0.5) is 5.69 Å². The van der Waals surface area contributed by atoms with Crippen LogP contribution in [-0.2, 0) is 14.4 Å². The van der Waals surface area contributed by atoms with E-state index in [9.17, 15) is 14.4 Å². The number of rotatable bonds is 8. The predicted octanol–water partition coefficient (Wildman–Crippen LogP) is 2.38. The molecular weight excluding hydrogens is 384 g/mol. The molecule has 0 aliphatic rings. The Morgan fingerprint density at radius 3 is 2.47 bits per heavy atom. The number of anilines is 1. The molecular formula is C22H26N4O4. The van der Waals surface area contributed by atoms with Gasteiger partial charge in [0.15, 0.2) is 6.61 Å². The lowest BCUT2D eigenvalue weighted by atomic mass is 10.2. The predicted molar refractivity (Wildman–Crippen MR) is 115 cm³/mol. The molecule has 2 aromatic rings. The first-order valence-corrected chi connectivity index (χ1v) is 9.61. The zero-order valence-corrected chi connectivity index (χ0v) is 17.3. The van der Waals surface area contributed by atoms with Crippen LogP contribution in [-0.4, -0.2) is 36.6 Å². The third-order valence-electron chi connectivity index (χ3n) is 4.18.